The zero-order valence-electron chi connectivity index (χ0n) is 15.0. The van der Waals surface area contributed by atoms with Crippen LogP contribution in [0.5, 0.6) is 0 Å². The molecule has 4 nitrogen and oxygen atoms in total. The van der Waals surface area contributed by atoms with Gasteiger partial charge in [0, 0.05) is 5.69 Å². The number of hydrogen-bond acceptors (Lipinski definition) is 4. The predicted octanol–water partition coefficient (Wildman–Crippen LogP) is 5.23. The Labute approximate surface area is 170 Å². The van der Waals surface area contributed by atoms with E-state index in [2.05, 4.69) is 5.32 Å². The van der Waals surface area contributed by atoms with Crippen LogP contribution < -0.4 is 10.2 Å². The van der Waals surface area contributed by atoms with E-state index in [-0.39, 0.29) is 17.2 Å². The Morgan fingerprint density at radius 2 is 1.96 bits per heavy atom. The number of nitrogens with zero attached hydrogens (tertiary/aromatic N) is 1. The van der Waals surface area contributed by atoms with Crippen molar-refractivity contribution in [1.82, 2.24) is 0 Å². The average Bonchev–Trinajstić information content (AvgIpc) is 3.35. The third-order valence-corrected chi connectivity index (χ3v) is 6.51. The van der Waals surface area contributed by atoms with Crippen molar-refractivity contribution in [3.8, 4) is 0 Å². The van der Waals surface area contributed by atoms with Gasteiger partial charge in [0.25, 0.3) is 5.91 Å². The van der Waals surface area contributed by atoms with Crippen LogP contribution in [0.15, 0.2) is 60.0 Å². The SMILES string of the molecule is Cc1ccc(F)c(N2C(=O)CSC2c2ccc(NC(=O)c3cccs3)cc2)c1. The molecule has 1 unspecified atom stereocenters. The number of carbonyl (C=O) groups excluding carboxylic acids is 2. The highest BCUT2D eigenvalue weighted by atomic mass is 32.2. The molecule has 0 aliphatic carbocycles. The van der Waals surface area contributed by atoms with Crippen molar-refractivity contribution in [2.45, 2.75) is 12.3 Å². The summed E-state index contributed by atoms with van der Waals surface area (Å²) < 4.78 is 14.4. The molecule has 1 saturated heterocycles. The number of hydrogen-bond donors (Lipinski definition) is 1. The molecular formula is C21H17FN2O2S2. The average molecular weight is 413 g/mol. The highest BCUT2D eigenvalue weighted by molar-refractivity contribution is 8.00. The van der Waals surface area contributed by atoms with E-state index in [0.29, 0.717) is 22.0 Å². The monoisotopic (exact) mass is 412 g/mol. The number of aryl methyl sites for hydroxylation is 1. The lowest BCUT2D eigenvalue weighted by Crippen LogP contribution is -2.28. The molecule has 1 fully saturated rings. The van der Waals surface area contributed by atoms with Crippen LogP contribution in [0.25, 0.3) is 0 Å². The summed E-state index contributed by atoms with van der Waals surface area (Å²) in [5.74, 6) is -0.382. The van der Waals surface area contributed by atoms with E-state index in [1.54, 1.807) is 30.3 Å². The van der Waals surface area contributed by atoms with Gasteiger partial charge in [0.15, 0.2) is 0 Å². The highest BCUT2D eigenvalue weighted by Gasteiger charge is 2.35. The number of benzene rings is 2. The van der Waals surface area contributed by atoms with Crippen molar-refractivity contribution in [2.75, 3.05) is 16.0 Å². The van der Waals surface area contributed by atoms with Crippen molar-refractivity contribution in [3.05, 3.63) is 81.8 Å². The quantitative estimate of drug-likeness (QED) is 0.639. The van der Waals surface area contributed by atoms with Gasteiger partial charge in [-0.25, -0.2) is 4.39 Å². The third-order valence-electron chi connectivity index (χ3n) is 4.43. The van der Waals surface area contributed by atoms with Gasteiger partial charge in [-0.15, -0.1) is 23.1 Å². The maximum Gasteiger partial charge on any atom is 0.265 e. The fourth-order valence-electron chi connectivity index (χ4n) is 3.07. The Morgan fingerprint density at radius 3 is 2.68 bits per heavy atom. The molecule has 4 rings (SSSR count). The lowest BCUT2D eigenvalue weighted by atomic mass is 10.1. The maximum absolute atomic E-state index is 14.4. The smallest absolute Gasteiger partial charge is 0.265 e. The van der Waals surface area contributed by atoms with E-state index < -0.39 is 5.82 Å². The predicted molar refractivity (Wildman–Crippen MR) is 113 cm³/mol. The Balaban J connectivity index is 1.57. The normalized spacial score (nSPS) is 16.4. The van der Waals surface area contributed by atoms with Crippen LogP contribution in [0.4, 0.5) is 15.8 Å². The number of anilines is 2. The molecule has 0 spiro atoms. The molecule has 28 heavy (non-hydrogen) atoms. The van der Waals surface area contributed by atoms with E-state index in [0.717, 1.165) is 11.1 Å². The van der Waals surface area contributed by atoms with Crippen LogP contribution in [0.2, 0.25) is 0 Å². The number of nitrogens with one attached hydrogen (secondary N) is 1. The molecule has 1 aliphatic rings. The zero-order valence-corrected chi connectivity index (χ0v) is 16.6. The van der Waals surface area contributed by atoms with E-state index in [9.17, 15) is 14.0 Å². The molecule has 142 valence electrons. The van der Waals surface area contributed by atoms with E-state index >= 15 is 0 Å². The first kappa shape index (κ1) is 18.7. The number of thioether (sulfide) groups is 1. The number of carbonyl (C=O) groups is 2. The summed E-state index contributed by atoms with van der Waals surface area (Å²) in [6, 6.07) is 15.7. The van der Waals surface area contributed by atoms with Gasteiger partial charge in [-0.1, -0.05) is 24.3 Å². The number of halogens is 1. The van der Waals surface area contributed by atoms with E-state index in [1.165, 1.54) is 34.1 Å². The summed E-state index contributed by atoms with van der Waals surface area (Å²) in [5, 5.41) is 4.41. The largest absolute Gasteiger partial charge is 0.321 e. The standard InChI is InChI=1S/C21H17FN2O2S2/c1-13-4-9-16(22)17(11-13)24-19(25)12-28-21(24)14-5-7-15(8-6-14)23-20(26)18-3-2-10-27-18/h2-11,21H,12H2,1H3,(H,23,26). The molecule has 7 heteroatoms. The van der Waals surface area contributed by atoms with Gasteiger partial charge in [0.05, 0.1) is 16.3 Å². The summed E-state index contributed by atoms with van der Waals surface area (Å²) in [7, 11) is 0. The molecular weight excluding hydrogens is 395 g/mol. The van der Waals surface area contributed by atoms with Crippen LogP contribution >= 0.6 is 23.1 Å². The van der Waals surface area contributed by atoms with Gasteiger partial charge in [-0.05, 0) is 53.8 Å². The molecule has 2 aromatic carbocycles. The highest BCUT2D eigenvalue weighted by Crippen LogP contribution is 2.43. The molecule has 0 radical (unpaired) electrons. The van der Waals surface area contributed by atoms with Gasteiger partial charge in [-0.3, -0.25) is 14.5 Å². The fraction of sp³-hybridized carbons (Fsp3) is 0.143. The molecule has 1 atom stereocenters. The van der Waals surface area contributed by atoms with E-state index in [1.807, 2.05) is 30.5 Å². The Kier molecular flexibility index (Phi) is 5.19. The molecule has 3 aromatic rings. The zero-order chi connectivity index (χ0) is 19.7. The Hall–Kier alpha value is -2.64. The summed E-state index contributed by atoms with van der Waals surface area (Å²) in [6.07, 6.45) is 0. The molecule has 1 aromatic heterocycles. The van der Waals surface area contributed by atoms with Crippen molar-refractivity contribution in [3.63, 3.8) is 0 Å². The minimum atomic E-state index is -0.411. The van der Waals surface area contributed by atoms with Gasteiger partial charge >= 0.3 is 0 Å². The molecule has 1 aliphatic heterocycles. The van der Waals surface area contributed by atoms with Crippen LogP contribution in [-0.4, -0.2) is 17.6 Å². The van der Waals surface area contributed by atoms with Crippen LogP contribution in [0.1, 0.15) is 26.2 Å². The fourth-order valence-corrected chi connectivity index (χ4v) is 4.86. The van der Waals surface area contributed by atoms with Gasteiger partial charge in [-0.2, -0.15) is 0 Å². The lowest BCUT2D eigenvalue weighted by molar-refractivity contribution is -0.115. The first-order valence-electron chi connectivity index (χ1n) is 8.67. The second-order valence-corrected chi connectivity index (χ2v) is 8.45. The first-order chi connectivity index (χ1) is 13.5. The Bertz CT molecular complexity index is 1020. The summed E-state index contributed by atoms with van der Waals surface area (Å²) in [6.45, 7) is 1.87. The maximum atomic E-state index is 14.4. The van der Waals surface area contributed by atoms with Gasteiger partial charge in [0.1, 0.15) is 11.2 Å². The molecule has 0 bridgehead atoms. The summed E-state index contributed by atoms with van der Waals surface area (Å²) >= 11 is 2.84. The van der Waals surface area contributed by atoms with E-state index in [4.69, 9.17) is 0 Å². The minimum absolute atomic E-state index is 0.116. The number of amides is 2. The minimum Gasteiger partial charge on any atom is -0.321 e. The molecule has 1 N–H and O–H groups in total. The van der Waals surface area contributed by atoms with Gasteiger partial charge in [0.2, 0.25) is 5.91 Å². The van der Waals surface area contributed by atoms with Crippen LogP contribution in [0.3, 0.4) is 0 Å². The summed E-state index contributed by atoms with van der Waals surface area (Å²) in [5.41, 5.74) is 2.75. The second-order valence-electron chi connectivity index (χ2n) is 6.44. The Morgan fingerprint density at radius 1 is 1.18 bits per heavy atom. The van der Waals surface area contributed by atoms with Crippen molar-refractivity contribution < 1.29 is 14.0 Å². The number of rotatable bonds is 4. The lowest BCUT2D eigenvalue weighted by Gasteiger charge is -2.25. The third kappa shape index (κ3) is 3.68. The van der Waals surface area contributed by atoms with Crippen molar-refractivity contribution in [1.29, 1.82) is 0 Å². The van der Waals surface area contributed by atoms with Crippen LogP contribution in [0, 0.1) is 12.7 Å². The summed E-state index contributed by atoms with van der Waals surface area (Å²) in [4.78, 5) is 26.8. The molecule has 2 amide bonds. The molecule has 2 heterocycles. The van der Waals surface area contributed by atoms with Crippen molar-refractivity contribution in [2.24, 2.45) is 0 Å². The van der Waals surface area contributed by atoms with Crippen molar-refractivity contribution >= 4 is 46.3 Å². The second kappa shape index (κ2) is 7.77. The molecule has 0 saturated carbocycles. The number of thiophene rings is 1. The first-order valence-corrected chi connectivity index (χ1v) is 10.6. The van der Waals surface area contributed by atoms with Crippen LogP contribution in [-0.2, 0) is 4.79 Å². The topological polar surface area (TPSA) is 49.4 Å². The van der Waals surface area contributed by atoms with Gasteiger partial charge < -0.3 is 5.32 Å².